The van der Waals surface area contributed by atoms with E-state index >= 15 is 0 Å². The summed E-state index contributed by atoms with van der Waals surface area (Å²) in [7, 11) is 0. The quantitative estimate of drug-likeness (QED) is 0.502. The van der Waals surface area contributed by atoms with Crippen LogP contribution in [0.25, 0.3) is 0 Å². The Hall–Kier alpha value is -0.500. The molecular weight excluding hydrogens is 112 g/mol. The molecule has 1 rings (SSSR count). The number of hydrogen-bond acceptors (Lipinski definition) is 2. The Morgan fingerprint density at radius 1 is 1.44 bits per heavy atom. The molecule has 2 heteroatoms. The zero-order valence-electron chi connectivity index (χ0n) is 5.64. The number of rotatable bonds is 0. The fraction of sp³-hybridized carbons (Fsp3) is 0.714. The summed E-state index contributed by atoms with van der Waals surface area (Å²) in [6.45, 7) is 0. The topological polar surface area (TPSA) is 52.0 Å². The Labute approximate surface area is 55.9 Å². The SMILES string of the molecule is NC1=CC(N)CCCC1. The normalized spacial score (nSPS) is 29.0. The number of allylic oxidation sites excluding steroid dienone is 1. The molecule has 1 unspecified atom stereocenters. The van der Waals surface area contributed by atoms with Gasteiger partial charge in [-0.15, -0.1) is 0 Å². The van der Waals surface area contributed by atoms with Crippen LogP contribution in [0.3, 0.4) is 0 Å². The van der Waals surface area contributed by atoms with E-state index in [0.29, 0.717) is 0 Å². The standard InChI is InChI=1S/C7H14N2/c8-6-3-1-2-4-7(9)5-6/h5-6H,1-4,8-9H2. The molecule has 0 aromatic carbocycles. The van der Waals surface area contributed by atoms with Crippen molar-refractivity contribution in [3.63, 3.8) is 0 Å². The second kappa shape index (κ2) is 2.87. The summed E-state index contributed by atoms with van der Waals surface area (Å²) in [5.41, 5.74) is 12.2. The Balaban J connectivity index is 2.49. The minimum atomic E-state index is 0.215. The van der Waals surface area contributed by atoms with E-state index in [9.17, 15) is 0 Å². The molecule has 9 heavy (non-hydrogen) atoms. The fourth-order valence-corrected chi connectivity index (χ4v) is 1.15. The molecule has 0 heterocycles. The van der Waals surface area contributed by atoms with Gasteiger partial charge in [0.25, 0.3) is 0 Å². The van der Waals surface area contributed by atoms with Crippen molar-refractivity contribution >= 4 is 0 Å². The van der Waals surface area contributed by atoms with Crippen LogP contribution in [-0.4, -0.2) is 6.04 Å². The Morgan fingerprint density at radius 2 is 2.22 bits per heavy atom. The van der Waals surface area contributed by atoms with Crippen molar-refractivity contribution in [1.82, 2.24) is 0 Å². The first-order chi connectivity index (χ1) is 4.29. The third-order valence-electron chi connectivity index (χ3n) is 1.68. The largest absolute Gasteiger partial charge is 0.402 e. The maximum Gasteiger partial charge on any atom is 0.0243 e. The predicted octanol–water partition coefficient (Wildman–Crippen LogP) is 0.730. The summed E-state index contributed by atoms with van der Waals surface area (Å²) >= 11 is 0. The maximum atomic E-state index is 5.67. The Kier molecular flexibility index (Phi) is 2.11. The van der Waals surface area contributed by atoms with Crippen molar-refractivity contribution in [2.24, 2.45) is 11.5 Å². The molecule has 0 amide bonds. The molecule has 1 atom stereocenters. The van der Waals surface area contributed by atoms with Gasteiger partial charge in [-0.3, -0.25) is 0 Å². The highest BCUT2D eigenvalue weighted by Gasteiger charge is 2.04. The summed E-state index contributed by atoms with van der Waals surface area (Å²) in [5, 5.41) is 0. The zero-order chi connectivity index (χ0) is 6.69. The molecule has 1 aliphatic carbocycles. The van der Waals surface area contributed by atoms with Gasteiger partial charge in [0.15, 0.2) is 0 Å². The van der Waals surface area contributed by atoms with Crippen molar-refractivity contribution in [1.29, 1.82) is 0 Å². The van der Waals surface area contributed by atoms with Crippen molar-refractivity contribution in [3.8, 4) is 0 Å². The van der Waals surface area contributed by atoms with E-state index in [0.717, 1.165) is 18.5 Å². The van der Waals surface area contributed by atoms with Crippen LogP contribution < -0.4 is 11.5 Å². The molecule has 4 N–H and O–H groups in total. The lowest BCUT2D eigenvalue weighted by Gasteiger charge is -2.00. The predicted molar refractivity (Wildman–Crippen MR) is 38.7 cm³/mol. The average Bonchev–Trinajstić information content (AvgIpc) is 1.93. The number of nitrogens with two attached hydrogens (primary N) is 2. The molecule has 0 spiro atoms. The minimum Gasteiger partial charge on any atom is -0.402 e. The van der Waals surface area contributed by atoms with Crippen LogP contribution in [-0.2, 0) is 0 Å². The lowest BCUT2D eigenvalue weighted by Crippen LogP contribution is -2.16. The molecule has 0 saturated carbocycles. The second-order valence-electron chi connectivity index (χ2n) is 2.65. The fourth-order valence-electron chi connectivity index (χ4n) is 1.15. The van der Waals surface area contributed by atoms with Crippen LogP contribution in [0.2, 0.25) is 0 Å². The average molecular weight is 126 g/mol. The monoisotopic (exact) mass is 126 g/mol. The van der Waals surface area contributed by atoms with Crippen molar-refractivity contribution in [3.05, 3.63) is 11.8 Å². The summed E-state index contributed by atoms with van der Waals surface area (Å²) in [4.78, 5) is 0. The molecule has 0 fully saturated rings. The molecule has 0 radical (unpaired) electrons. The van der Waals surface area contributed by atoms with E-state index < -0.39 is 0 Å². The zero-order valence-corrected chi connectivity index (χ0v) is 5.64. The highest BCUT2D eigenvalue weighted by Crippen LogP contribution is 2.12. The summed E-state index contributed by atoms with van der Waals surface area (Å²) in [5.74, 6) is 0. The van der Waals surface area contributed by atoms with Crippen LogP contribution >= 0.6 is 0 Å². The maximum absolute atomic E-state index is 5.67. The van der Waals surface area contributed by atoms with Gasteiger partial charge in [0.1, 0.15) is 0 Å². The summed E-state index contributed by atoms with van der Waals surface area (Å²) in [6.07, 6.45) is 6.54. The van der Waals surface area contributed by atoms with Gasteiger partial charge < -0.3 is 11.5 Å². The van der Waals surface area contributed by atoms with Gasteiger partial charge >= 0.3 is 0 Å². The third-order valence-corrected chi connectivity index (χ3v) is 1.68. The smallest absolute Gasteiger partial charge is 0.0243 e. The highest BCUT2D eigenvalue weighted by atomic mass is 14.6. The lowest BCUT2D eigenvalue weighted by atomic mass is 10.2. The molecule has 0 bridgehead atoms. The summed E-state index contributed by atoms with van der Waals surface area (Å²) < 4.78 is 0. The first-order valence-corrected chi connectivity index (χ1v) is 3.51. The van der Waals surface area contributed by atoms with E-state index in [-0.39, 0.29) is 6.04 Å². The molecular formula is C7H14N2. The molecule has 0 aromatic rings. The first kappa shape index (κ1) is 6.62. The van der Waals surface area contributed by atoms with Crippen LogP contribution in [0, 0.1) is 0 Å². The van der Waals surface area contributed by atoms with Crippen LogP contribution in [0.1, 0.15) is 25.7 Å². The van der Waals surface area contributed by atoms with Crippen LogP contribution in [0.5, 0.6) is 0 Å². The van der Waals surface area contributed by atoms with Gasteiger partial charge in [0, 0.05) is 11.7 Å². The van der Waals surface area contributed by atoms with Crippen molar-refractivity contribution in [2.45, 2.75) is 31.7 Å². The number of hydrogen-bond donors (Lipinski definition) is 2. The van der Waals surface area contributed by atoms with Crippen molar-refractivity contribution < 1.29 is 0 Å². The van der Waals surface area contributed by atoms with Gasteiger partial charge in [-0.1, -0.05) is 6.42 Å². The van der Waals surface area contributed by atoms with Crippen molar-refractivity contribution in [2.75, 3.05) is 0 Å². The highest BCUT2D eigenvalue weighted by molar-refractivity contribution is 5.03. The molecule has 2 nitrogen and oxygen atoms in total. The summed E-state index contributed by atoms with van der Waals surface area (Å²) in [6, 6.07) is 0.215. The third kappa shape index (κ3) is 2.06. The minimum absolute atomic E-state index is 0.215. The molecule has 0 aliphatic heterocycles. The van der Waals surface area contributed by atoms with E-state index in [2.05, 4.69) is 0 Å². The first-order valence-electron chi connectivity index (χ1n) is 3.51. The lowest BCUT2D eigenvalue weighted by molar-refractivity contribution is 0.655. The van der Waals surface area contributed by atoms with Gasteiger partial charge in [0.2, 0.25) is 0 Å². The molecule has 1 aliphatic rings. The Bertz CT molecular complexity index is 118. The van der Waals surface area contributed by atoms with E-state index in [4.69, 9.17) is 11.5 Å². The Morgan fingerprint density at radius 3 is 3.00 bits per heavy atom. The molecule has 52 valence electrons. The van der Waals surface area contributed by atoms with Crippen LogP contribution in [0.4, 0.5) is 0 Å². The van der Waals surface area contributed by atoms with Crippen LogP contribution in [0.15, 0.2) is 11.8 Å². The van der Waals surface area contributed by atoms with E-state index in [1.54, 1.807) is 0 Å². The molecule has 0 saturated heterocycles. The molecule has 0 aromatic heterocycles. The van der Waals surface area contributed by atoms with Gasteiger partial charge in [-0.2, -0.15) is 0 Å². The van der Waals surface area contributed by atoms with Gasteiger partial charge in [-0.05, 0) is 25.3 Å². The van der Waals surface area contributed by atoms with Gasteiger partial charge in [-0.25, -0.2) is 0 Å². The van der Waals surface area contributed by atoms with E-state index in [1.807, 2.05) is 6.08 Å². The van der Waals surface area contributed by atoms with Gasteiger partial charge in [0.05, 0.1) is 0 Å². The van der Waals surface area contributed by atoms with E-state index in [1.165, 1.54) is 12.8 Å². The second-order valence-corrected chi connectivity index (χ2v) is 2.65.